The fourth-order valence-corrected chi connectivity index (χ4v) is 1.95. The maximum absolute atomic E-state index is 5.76. The Morgan fingerprint density at radius 1 is 1.00 bits per heavy atom. The highest BCUT2D eigenvalue weighted by molar-refractivity contribution is 6.13. The van der Waals surface area contributed by atoms with Crippen molar-refractivity contribution < 1.29 is 0 Å². The molecule has 2 N–H and O–H groups in total. The zero-order valence-corrected chi connectivity index (χ0v) is 11.4. The van der Waals surface area contributed by atoms with Crippen LogP contribution in [0.15, 0.2) is 90.1 Å². The number of rotatable bonds is 5. The Morgan fingerprint density at radius 3 is 2.15 bits per heavy atom. The van der Waals surface area contributed by atoms with E-state index in [0.29, 0.717) is 6.42 Å². The second kappa shape index (κ2) is 7.10. The number of para-hydroxylation sites is 1. The first kappa shape index (κ1) is 13.8. The largest absolute Gasteiger partial charge is 0.404 e. The minimum absolute atomic E-state index is 0.692. The van der Waals surface area contributed by atoms with Gasteiger partial charge in [0, 0.05) is 5.56 Å². The van der Waals surface area contributed by atoms with Gasteiger partial charge in [0.1, 0.15) is 0 Å². The summed E-state index contributed by atoms with van der Waals surface area (Å²) in [6.45, 7) is 3.78. The molecule has 0 heterocycles. The van der Waals surface area contributed by atoms with Gasteiger partial charge in [-0.2, -0.15) is 0 Å². The highest BCUT2D eigenvalue weighted by Gasteiger charge is 2.08. The lowest BCUT2D eigenvalue weighted by molar-refractivity contribution is 1.28. The van der Waals surface area contributed by atoms with E-state index in [1.165, 1.54) is 0 Å². The molecule has 0 aliphatic rings. The van der Waals surface area contributed by atoms with Crippen LogP contribution in [-0.2, 0) is 0 Å². The fraction of sp³-hybridized carbons (Fsp3) is 0.0556. The highest BCUT2D eigenvalue weighted by atomic mass is 14.8. The normalized spacial score (nSPS) is 12.2. The van der Waals surface area contributed by atoms with E-state index in [9.17, 15) is 0 Å². The second-order valence-corrected chi connectivity index (χ2v) is 4.35. The van der Waals surface area contributed by atoms with Crippen molar-refractivity contribution in [3.8, 4) is 0 Å². The zero-order valence-electron chi connectivity index (χ0n) is 11.4. The van der Waals surface area contributed by atoms with Gasteiger partial charge in [-0.3, -0.25) is 0 Å². The Kier molecular flexibility index (Phi) is 4.90. The minimum Gasteiger partial charge on any atom is -0.404 e. The molecule has 2 rings (SSSR count). The van der Waals surface area contributed by atoms with Gasteiger partial charge >= 0.3 is 0 Å². The van der Waals surface area contributed by atoms with Crippen molar-refractivity contribution in [2.75, 3.05) is 0 Å². The van der Waals surface area contributed by atoms with Gasteiger partial charge in [0.05, 0.1) is 11.4 Å². The summed E-state index contributed by atoms with van der Waals surface area (Å²) >= 11 is 0. The molecule has 0 unspecified atom stereocenters. The van der Waals surface area contributed by atoms with E-state index in [0.717, 1.165) is 22.5 Å². The molecule has 0 atom stereocenters. The summed E-state index contributed by atoms with van der Waals surface area (Å²) in [5, 5.41) is 0. The maximum atomic E-state index is 5.76. The van der Waals surface area contributed by atoms with Crippen LogP contribution in [0, 0.1) is 0 Å². The number of benzene rings is 2. The zero-order chi connectivity index (χ0) is 14.2. The molecule has 0 fully saturated rings. The molecular weight excluding hydrogens is 244 g/mol. The van der Waals surface area contributed by atoms with Crippen LogP contribution < -0.4 is 5.73 Å². The van der Waals surface area contributed by atoms with Crippen LogP contribution in [0.1, 0.15) is 12.0 Å². The summed E-state index contributed by atoms with van der Waals surface area (Å²) in [4.78, 5) is 4.74. The topological polar surface area (TPSA) is 38.4 Å². The van der Waals surface area contributed by atoms with Crippen molar-refractivity contribution >= 4 is 11.4 Å². The molecule has 0 aliphatic carbocycles. The van der Waals surface area contributed by atoms with Gasteiger partial charge < -0.3 is 5.73 Å². The van der Waals surface area contributed by atoms with E-state index in [1.54, 1.807) is 6.20 Å². The van der Waals surface area contributed by atoms with Gasteiger partial charge in [0.2, 0.25) is 0 Å². The average Bonchev–Trinajstić information content (AvgIpc) is 2.52. The first-order valence-corrected chi connectivity index (χ1v) is 6.56. The molecule has 2 aromatic carbocycles. The maximum Gasteiger partial charge on any atom is 0.0758 e. The van der Waals surface area contributed by atoms with Crippen molar-refractivity contribution in [3.63, 3.8) is 0 Å². The fourth-order valence-electron chi connectivity index (χ4n) is 1.95. The summed E-state index contributed by atoms with van der Waals surface area (Å²) in [6, 6.07) is 19.9. The third-order valence-corrected chi connectivity index (χ3v) is 2.91. The molecule has 2 nitrogen and oxygen atoms in total. The Hall–Kier alpha value is -2.61. The van der Waals surface area contributed by atoms with E-state index in [-0.39, 0.29) is 0 Å². The number of nitrogens with two attached hydrogens (primary N) is 1. The number of hydrogen-bond donors (Lipinski definition) is 1. The van der Waals surface area contributed by atoms with E-state index in [4.69, 9.17) is 10.7 Å². The molecule has 0 saturated carbocycles. The predicted octanol–water partition coefficient (Wildman–Crippen LogP) is 4.23. The standard InChI is InChI=1S/C18H18N2/c1-2-9-16(14-19)18(15-10-5-3-6-11-15)20-17-12-7-4-8-13-17/h2-8,10-14H,1,9,19H2/b16-14+,20-18?. The van der Waals surface area contributed by atoms with Crippen LogP contribution >= 0.6 is 0 Å². The van der Waals surface area contributed by atoms with E-state index in [2.05, 4.69) is 6.58 Å². The Balaban J connectivity index is 2.50. The van der Waals surface area contributed by atoms with Gasteiger partial charge in [-0.05, 0) is 30.3 Å². The third-order valence-electron chi connectivity index (χ3n) is 2.91. The van der Waals surface area contributed by atoms with Crippen molar-refractivity contribution in [2.45, 2.75) is 6.42 Å². The molecule has 0 radical (unpaired) electrons. The number of allylic oxidation sites excluding steroid dienone is 2. The van der Waals surface area contributed by atoms with Gasteiger partial charge in [-0.15, -0.1) is 6.58 Å². The van der Waals surface area contributed by atoms with Gasteiger partial charge in [-0.25, -0.2) is 4.99 Å². The molecule has 2 aromatic rings. The average molecular weight is 262 g/mol. The van der Waals surface area contributed by atoms with Crippen LogP contribution in [0.3, 0.4) is 0 Å². The summed E-state index contributed by atoms with van der Waals surface area (Å²) in [6.07, 6.45) is 4.13. The predicted molar refractivity (Wildman–Crippen MR) is 86.2 cm³/mol. The third kappa shape index (κ3) is 3.45. The molecule has 0 aromatic heterocycles. The van der Waals surface area contributed by atoms with E-state index < -0.39 is 0 Å². The molecule has 0 amide bonds. The molecule has 100 valence electrons. The van der Waals surface area contributed by atoms with Crippen molar-refractivity contribution in [2.24, 2.45) is 10.7 Å². The Bertz CT molecular complexity index is 610. The first-order valence-electron chi connectivity index (χ1n) is 6.56. The van der Waals surface area contributed by atoms with Crippen LogP contribution in [0.25, 0.3) is 0 Å². The summed E-state index contributed by atoms with van der Waals surface area (Å²) < 4.78 is 0. The summed E-state index contributed by atoms with van der Waals surface area (Å²) in [7, 11) is 0. The molecular formula is C18H18N2. The molecule has 0 aliphatic heterocycles. The molecule has 20 heavy (non-hydrogen) atoms. The van der Waals surface area contributed by atoms with Crippen LogP contribution in [0.5, 0.6) is 0 Å². The minimum atomic E-state index is 0.692. The summed E-state index contributed by atoms with van der Waals surface area (Å²) in [5.74, 6) is 0. The lowest BCUT2D eigenvalue weighted by Gasteiger charge is -2.09. The van der Waals surface area contributed by atoms with Crippen molar-refractivity contribution in [1.82, 2.24) is 0 Å². The molecule has 0 saturated heterocycles. The number of nitrogens with zero attached hydrogens (tertiary/aromatic N) is 1. The van der Waals surface area contributed by atoms with Crippen molar-refractivity contribution in [3.05, 3.63) is 90.7 Å². The van der Waals surface area contributed by atoms with E-state index in [1.807, 2.05) is 66.7 Å². The van der Waals surface area contributed by atoms with Gasteiger partial charge in [-0.1, -0.05) is 54.6 Å². The van der Waals surface area contributed by atoms with Gasteiger partial charge in [0.15, 0.2) is 0 Å². The SMILES string of the molecule is C=CC/C(=C\N)C(=Nc1ccccc1)c1ccccc1. The van der Waals surface area contributed by atoms with Crippen LogP contribution in [-0.4, -0.2) is 5.71 Å². The number of aliphatic imine (C=N–C) groups is 1. The molecule has 2 heteroatoms. The van der Waals surface area contributed by atoms with E-state index >= 15 is 0 Å². The monoisotopic (exact) mass is 262 g/mol. The lowest BCUT2D eigenvalue weighted by Crippen LogP contribution is -2.06. The molecule has 0 bridgehead atoms. The second-order valence-electron chi connectivity index (χ2n) is 4.35. The van der Waals surface area contributed by atoms with Gasteiger partial charge in [0.25, 0.3) is 0 Å². The molecule has 0 spiro atoms. The van der Waals surface area contributed by atoms with Crippen molar-refractivity contribution in [1.29, 1.82) is 0 Å². The number of hydrogen-bond acceptors (Lipinski definition) is 2. The quantitative estimate of drug-likeness (QED) is 0.635. The van der Waals surface area contributed by atoms with Crippen LogP contribution in [0.4, 0.5) is 5.69 Å². The first-order chi connectivity index (χ1) is 9.85. The lowest BCUT2D eigenvalue weighted by atomic mass is 10.0. The smallest absolute Gasteiger partial charge is 0.0758 e. The Morgan fingerprint density at radius 2 is 1.60 bits per heavy atom. The Labute approximate surface area is 120 Å². The van der Waals surface area contributed by atoms with Crippen LogP contribution in [0.2, 0.25) is 0 Å². The highest BCUT2D eigenvalue weighted by Crippen LogP contribution is 2.19. The summed E-state index contributed by atoms with van der Waals surface area (Å²) in [5.41, 5.74) is 9.58.